The number of hydrogen-bond donors (Lipinski definition) is 1. The van der Waals surface area contributed by atoms with Crippen LogP contribution in [0.2, 0.25) is 0 Å². The van der Waals surface area contributed by atoms with Gasteiger partial charge in [0.15, 0.2) is 0 Å². The molecule has 0 saturated carbocycles. The van der Waals surface area contributed by atoms with Crippen LogP contribution in [0.25, 0.3) is 10.9 Å². The fourth-order valence-electron chi connectivity index (χ4n) is 2.17. The van der Waals surface area contributed by atoms with Gasteiger partial charge in [0.25, 0.3) is 0 Å². The molecule has 0 unspecified atom stereocenters. The number of fused-ring (bicyclic) bond motifs is 1. The Bertz CT molecular complexity index is 572. The van der Waals surface area contributed by atoms with E-state index < -0.39 is 5.97 Å². The van der Waals surface area contributed by atoms with Crippen LogP contribution in [0.3, 0.4) is 0 Å². The first kappa shape index (κ1) is 10.7. The van der Waals surface area contributed by atoms with E-state index in [1.165, 1.54) is 12.1 Å². The molecule has 1 aromatic carbocycles. The van der Waals surface area contributed by atoms with Crippen molar-refractivity contribution in [2.45, 2.75) is 13.3 Å². The summed E-state index contributed by atoms with van der Waals surface area (Å²) in [6, 6.07) is 4.51. The van der Waals surface area contributed by atoms with Crippen LogP contribution in [0.5, 0.6) is 0 Å². The second-order valence-corrected chi connectivity index (χ2v) is 3.68. The molecule has 0 spiro atoms. The highest BCUT2D eigenvalue weighted by Crippen LogP contribution is 2.27. The molecule has 0 bridgehead atoms. The summed E-state index contributed by atoms with van der Waals surface area (Å²) in [5.74, 6) is -1.39. The van der Waals surface area contributed by atoms with Gasteiger partial charge in [0.2, 0.25) is 0 Å². The molecule has 2 rings (SSSR count). The lowest BCUT2D eigenvalue weighted by Gasteiger charge is -2.01. The molecule has 0 amide bonds. The van der Waals surface area contributed by atoms with Crippen LogP contribution in [0.4, 0.5) is 4.39 Å². The van der Waals surface area contributed by atoms with Gasteiger partial charge in [-0.15, -0.1) is 0 Å². The monoisotopic (exact) mass is 221 g/mol. The van der Waals surface area contributed by atoms with Gasteiger partial charge in [0.1, 0.15) is 5.82 Å². The normalized spacial score (nSPS) is 10.9. The first-order chi connectivity index (χ1) is 7.57. The molecule has 0 saturated heterocycles. The number of aryl methyl sites for hydroxylation is 1. The molecule has 0 radical (unpaired) electrons. The van der Waals surface area contributed by atoms with E-state index >= 15 is 0 Å². The number of rotatable bonds is 2. The Morgan fingerprint density at radius 2 is 2.19 bits per heavy atom. The van der Waals surface area contributed by atoms with Crippen molar-refractivity contribution in [2.24, 2.45) is 7.05 Å². The largest absolute Gasteiger partial charge is 0.478 e. The molecule has 0 aliphatic carbocycles. The zero-order chi connectivity index (χ0) is 11.9. The molecular formula is C12H12FNO2. The van der Waals surface area contributed by atoms with Crippen LogP contribution >= 0.6 is 0 Å². The first-order valence-electron chi connectivity index (χ1n) is 5.07. The summed E-state index contributed by atoms with van der Waals surface area (Å²) in [6.07, 6.45) is 0.562. The van der Waals surface area contributed by atoms with Crippen molar-refractivity contribution in [3.63, 3.8) is 0 Å². The molecule has 0 atom stereocenters. The number of para-hydroxylation sites is 1. The van der Waals surface area contributed by atoms with Gasteiger partial charge < -0.3 is 9.67 Å². The van der Waals surface area contributed by atoms with Gasteiger partial charge in [-0.1, -0.05) is 19.1 Å². The van der Waals surface area contributed by atoms with Crippen LogP contribution in [-0.2, 0) is 13.5 Å². The number of carboxylic acids is 1. The average Bonchev–Trinajstić information content (AvgIpc) is 2.52. The minimum Gasteiger partial charge on any atom is -0.478 e. The van der Waals surface area contributed by atoms with E-state index in [0.29, 0.717) is 23.0 Å². The van der Waals surface area contributed by atoms with Crippen molar-refractivity contribution in [1.29, 1.82) is 0 Å². The van der Waals surface area contributed by atoms with E-state index in [1.807, 2.05) is 6.92 Å². The summed E-state index contributed by atoms with van der Waals surface area (Å²) in [5, 5.41) is 9.63. The van der Waals surface area contributed by atoms with Crippen molar-refractivity contribution in [3.8, 4) is 0 Å². The summed E-state index contributed by atoms with van der Waals surface area (Å²) in [7, 11) is 1.69. The van der Waals surface area contributed by atoms with E-state index in [-0.39, 0.29) is 11.4 Å². The van der Waals surface area contributed by atoms with Crippen molar-refractivity contribution in [3.05, 3.63) is 35.3 Å². The molecule has 1 N–H and O–H groups in total. The van der Waals surface area contributed by atoms with E-state index in [4.69, 9.17) is 5.11 Å². The summed E-state index contributed by atoms with van der Waals surface area (Å²) < 4.78 is 15.2. The Kier molecular flexibility index (Phi) is 2.42. The van der Waals surface area contributed by atoms with Crippen LogP contribution in [0, 0.1) is 5.82 Å². The third-order valence-corrected chi connectivity index (χ3v) is 2.83. The Hall–Kier alpha value is -1.84. The predicted octanol–water partition coefficient (Wildman–Crippen LogP) is 2.58. The molecule has 4 heteroatoms. The van der Waals surface area contributed by atoms with Crippen LogP contribution in [0.15, 0.2) is 18.2 Å². The summed E-state index contributed by atoms with van der Waals surface area (Å²) >= 11 is 0. The first-order valence-corrected chi connectivity index (χ1v) is 5.07. The molecule has 0 fully saturated rings. The molecular weight excluding hydrogens is 209 g/mol. The molecule has 84 valence electrons. The predicted molar refractivity (Wildman–Crippen MR) is 59.2 cm³/mol. The number of aromatic nitrogens is 1. The van der Waals surface area contributed by atoms with Gasteiger partial charge in [-0.25, -0.2) is 9.18 Å². The van der Waals surface area contributed by atoms with Crippen LogP contribution in [-0.4, -0.2) is 15.6 Å². The second kappa shape index (κ2) is 3.63. The molecule has 16 heavy (non-hydrogen) atoms. The lowest BCUT2D eigenvalue weighted by molar-refractivity contribution is 0.0697. The summed E-state index contributed by atoms with van der Waals surface area (Å²) in [4.78, 5) is 11.2. The smallest absolute Gasteiger partial charge is 0.338 e. The van der Waals surface area contributed by atoms with Gasteiger partial charge in [-0.2, -0.15) is 0 Å². The Balaban J connectivity index is 2.97. The number of aromatic carboxylic acids is 1. The summed E-state index contributed by atoms with van der Waals surface area (Å²) in [6.45, 7) is 1.86. The Labute approximate surface area is 92.1 Å². The maximum atomic E-state index is 13.6. The zero-order valence-electron chi connectivity index (χ0n) is 9.12. The molecule has 3 nitrogen and oxygen atoms in total. The van der Waals surface area contributed by atoms with E-state index in [9.17, 15) is 9.18 Å². The number of carbonyl (C=O) groups is 1. The molecule has 1 heterocycles. The van der Waals surface area contributed by atoms with Gasteiger partial charge in [0, 0.05) is 18.1 Å². The van der Waals surface area contributed by atoms with Crippen LogP contribution in [0.1, 0.15) is 23.0 Å². The highest BCUT2D eigenvalue weighted by molar-refractivity contribution is 6.05. The SMILES string of the molecule is CCc1c(C(=O)O)c2cccc(F)c2n1C. The van der Waals surface area contributed by atoms with Crippen LogP contribution < -0.4 is 0 Å². The topological polar surface area (TPSA) is 42.2 Å². The van der Waals surface area contributed by atoms with Gasteiger partial charge >= 0.3 is 5.97 Å². The number of halogens is 1. The third kappa shape index (κ3) is 1.30. The molecule has 0 aliphatic rings. The Morgan fingerprint density at radius 1 is 1.50 bits per heavy atom. The van der Waals surface area contributed by atoms with E-state index in [1.54, 1.807) is 17.7 Å². The zero-order valence-corrected chi connectivity index (χ0v) is 9.12. The summed E-state index contributed by atoms with van der Waals surface area (Å²) in [5.41, 5.74) is 1.21. The number of carboxylic acid groups (broad SMARTS) is 1. The van der Waals surface area contributed by atoms with Gasteiger partial charge in [-0.05, 0) is 12.5 Å². The fraction of sp³-hybridized carbons (Fsp3) is 0.250. The molecule has 2 aromatic rings. The van der Waals surface area contributed by atoms with Crippen molar-refractivity contribution >= 4 is 16.9 Å². The number of nitrogens with zero attached hydrogens (tertiary/aromatic N) is 1. The quantitative estimate of drug-likeness (QED) is 0.846. The highest BCUT2D eigenvalue weighted by Gasteiger charge is 2.20. The molecule has 0 aliphatic heterocycles. The van der Waals surface area contributed by atoms with Gasteiger partial charge in [0.05, 0.1) is 11.1 Å². The maximum absolute atomic E-state index is 13.6. The minimum atomic E-state index is -1.01. The van der Waals surface area contributed by atoms with E-state index in [0.717, 1.165) is 0 Å². The molecule has 1 aromatic heterocycles. The van der Waals surface area contributed by atoms with Gasteiger partial charge in [-0.3, -0.25) is 0 Å². The lowest BCUT2D eigenvalue weighted by atomic mass is 10.1. The highest BCUT2D eigenvalue weighted by atomic mass is 19.1. The fourth-order valence-corrected chi connectivity index (χ4v) is 2.17. The Morgan fingerprint density at radius 3 is 2.75 bits per heavy atom. The average molecular weight is 221 g/mol. The maximum Gasteiger partial charge on any atom is 0.338 e. The van der Waals surface area contributed by atoms with E-state index in [2.05, 4.69) is 0 Å². The second-order valence-electron chi connectivity index (χ2n) is 3.68. The van der Waals surface area contributed by atoms with Crippen molar-refractivity contribution in [1.82, 2.24) is 4.57 Å². The standard InChI is InChI=1S/C12H12FNO2/c1-3-9-10(12(15)16)7-5-4-6-8(13)11(7)14(9)2/h4-6H,3H2,1-2H3,(H,15,16). The lowest BCUT2D eigenvalue weighted by Crippen LogP contribution is -2.02. The number of benzene rings is 1. The number of hydrogen-bond acceptors (Lipinski definition) is 1. The van der Waals surface area contributed by atoms with Crippen molar-refractivity contribution < 1.29 is 14.3 Å². The van der Waals surface area contributed by atoms with Crippen molar-refractivity contribution in [2.75, 3.05) is 0 Å². The minimum absolute atomic E-state index is 0.208. The third-order valence-electron chi connectivity index (χ3n) is 2.83.